The molecule has 1 atom stereocenters. The van der Waals surface area contributed by atoms with Crippen LogP contribution in [0.25, 0.3) is 0 Å². The SMILES string of the molecule is O=C(N[C@H](Nc1ncccn1)C(Cl)(Cl)Cl)OCc1ccccc1Cl. The molecule has 0 saturated heterocycles. The lowest BCUT2D eigenvalue weighted by atomic mass is 10.2. The van der Waals surface area contributed by atoms with Gasteiger partial charge in [-0.15, -0.1) is 0 Å². The highest BCUT2D eigenvalue weighted by molar-refractivity contribution is 6.68. The van der Waals surface area contributed by atoms with Crippen LogP contribution in [0.4, 0.5) is 10.7 Å². The van der Waals surface area contributed by atoms with Crippen LogP contribution in [0.1, 0.15) is 5.56 Å². The highest BCUT2D eigenvalue weighted by Crippen LogP contribution is 2.30. The summed E-state index contributed by atoms with van der Waals surface area (Å²) in [6.07, 6.45) is 1.10. The van der Waals surface area contributed by atoms with Gasteiger partial charge in [0.1, 0.15) is 6.61 Å². The molecule has 0 radical (unpaired) electrons. The van der Waals surface area contributed by atoms with Gasteiger partial charge in [-0.25, -0.2) is 14.8 Å². The molecule has 0 aliphatic carbocycles. The van der Waals surface area contributed by atoms with Gasteiger partial charge < -0.3 is 10.1 Å². The third-order valence-electron chi connectivity index (χ3n) is 2.75. The summed E-state index contributed by atoms with van der Waals surface area (Å²) < 4.78 is 3.22. The van der Waals surface area contributed by atoms with Gasteiger partial charge in [0.15, 0.2) is 6.17 Å². The van der Waals surface area contributed by atoms with Crippen LogP contribution in [-0.4, -0.2) is 26.0 Å². The van der Waals surface area contributed by atoms with E-state index >= 15 is 0 Å². The number of hydrogen-bond donors (Lipinski definition) is 2. The van der Waals surface area contributed by atoms with Crippen LogP contribution in [0.15, 0.2) is 42.7 Å². The molecule has 10 heteroatoms. The molecule has 2 rings (SSSR count). The first-order valence-corrected chi connectivity index (χ1v) is 8.14. The van der Waals surface area contributed by atoms with Gasteiger partial charge in [0.2, 0.25) is 9.74 Å². The summed E-state index contributed by atoms with van der Waals surface area (Å²) in [7, 11) is 0. The quantitative estimate of drug-likeness (QED) is 0.572. The Hall–Kier alpha value is -1.47. The highest BCUT2D eigenvalue weighted by Gasteiger charge is 2.35. The first-order chi connectivity index (χ1) is 11.4. The van der Waals surface area contributed by atoms with Crippen molar-refractivity contribution >= 4 is 58.4 Å². The van der Waals surface area contributed by atoms with E-state index in [1.54, 1.807) is 30.3 Å². The van der Waals surface area contributed by atoms with Gasteiger partial charge in [-0.05, 0) is 12.1 Å². The maximum absolute atomic E-state index is 11.9. The molecule has 0 saturated carbocycles. The van der Waals surface area contributed by atoms with Crippen LogP contribution in [0.3, 0.4) is 0 Å². The number of aromatic nitrogens is 2. The zero-order valence-electron chi connectivity index (χ0n) is 12.0. The lowest BCUT2D eigenvalue weighted by Crippen LogP contribution is -2.49. The predicted molar refractivity (Wildman–Crippen MR) is 94.5 cm³/mol. The Morgan fingerprint density at radius 1 is 1.17 bits per heavy atom. The molecule has 1 aromatic carbocycles. The second kappa shape index (κ2) is 8.58. The summed E-state index contributed by atoms with van der Waals surface area (Å²) >= 11 is 23.6. The van der Waals surface area contributed by atoms with Crippen molar-refractivity contribution in [3.05, 3.63) is 53.3 Å². The average Bonchev–Trinajstić information content (AvgIpc) is 2.53. The van der Waals surface area contributed by atoms with Gasteiger partial charge in [0.05, 0.1) is 0 Å². The number of amides is 1. The van der Waals surface area contributed by atoms with Crippen LogP contribution in [0.2, 0.25) is 5.02 Å². The first kappa shape index (κ1) is 18.9. The Bertz CT molecular complexity index is 682. The summed E-state index contributed by atoms with van der Waals surface area (Å²) in [5.74, 6) is 0.181. The number of hydrogen-bond acceptors (Lipinski definition) is 5. The summed E-state index contributed by atoms with van der Waals surface area (Å²) in [6, 6.07) is 8.60. The molecule has 128 valence electrons. The van der Waals surface area contributed by atoms with Gasteiger partial charge >= 0.3 is 6.09 Å². The van der Waals surface area contributed by atoms with E-state index in [9.17, 15) is 4.79 Å². The van der Waals surface area contributed by atoms with Crippen molar-refractivity contribution in [1.82, 2.24) is 15.3 Å². The van der Waals surface area contributed by atoms with Crippen LogP contribution in [0.5, 0.6) is 0 Å². The number of nitrogens with zero attached hydrogens (tertiary/aromatic N) is 2. The van der Waals surface area contributed by atoms with Crippen LogP contribution in [-0.2, 0) is 11.3 Å². The van der Waals surface area contributed by atoms with E-state index in [4.69, 9.17) is 51.1 Å². The van der Waals surface area contributed by atoms with E-state index in [0.29, 0.717) is 10.6 Å². The minimum absolute atomic E-state index is 0.0279. The average molecular weight is 410 g/mol. The lowest BCUT2D eigenvalue weighted by molar-refractivity contribution is 0.137. The van der Waals surface area contributed by atoms with Crippen molar-refractivity contribution in [1.29, 1.82) is 0 Å². The fourth-order valence-corrected chi connectivity index (χ4v) is 2.14. The molecule has 1 heterocycles. The Kier molecular flexibility index (Phi) is 6.74. The van der Waals surface area contributed by atoms with E-state index in [-0.39, 0.29) is 12.6 Å². The van der Waals surface area contributed by atoms with Crippen LogP contribution < -0.4 is 10.6 Å². The van der Waals surface area contributed by atoms with Crippen molar-refractivity contribution in [3.63, 3.8) is 0 Å². The summed E-state index contributed by atoms with van der Waals surface area (Å²) in [6.45, 7) is -0.0279. The number of anilines is 1. The smallest absolute Gasteiger partial charge is 0.409 e. The second-order valence-electron chi connectivity index (χ2n) is 4.50. The molecule has 24 heavy (non-hydrogen) atoms. The van der Waals surface area contributed by atoms with Crippen molar-refractivity contribution in [3.8, 4) is 0 Å². The largest absolute Gasteiger partial charge is 0.445 e. The fraction of sp³-hybridized carbons (Fsp3) is 0.214. The van der Waals surface area contributed by atoms with E-state index in [1.807, 2.05) is 0 Å². The summed E-state index contributed by atoms with van der Waals surface area (Å²) in [5, 5.41) is 5.59. The molecular formula is C14H12Cl4N4O2. The van der Waals surface area contributed by atoms with Crippen molar-refractivity contribution in [2.75, 3.05) is 5.32 Å². The third kappa shape index (κ3) is 5.87. The molecule has 1 aromatic heterocycles. The Morgan fingerprint density at radius 3 is 2.46 bits per heavy atom. The Balaban J connectivity index is 1.96. The van der Waals surface area contributed by atoms with Crippen molar-refractivity contribution in [2.24, 2.45) is 0 Å². The molecule has 2 aromatic rings. The molecule has 0 aliphatic rings. The van der Waals surface area contributed by atoms with E-state index in [1.165, 1.54) is 12.4 Å². The van der Waals surface area contributed by atoms with Gasteiger partial charge in [0.25, 0.3) is 0 Å². The molecule has 0 bridgehead atoms. The maximum Gasteiger partial charge on any atom is 0.409 e. The van der Waals surface area contributed by atoms with E-state index < -0.39 is 16.1 Å². The molecule has 0 fully saturated rings. The topological polar surface area (TPSA) is 76.1 Å². The number of benzene rings is 1. The summed E-state index contributed by atoms with van der Waals surface area (Å²) in [4.78, 5) is 19.8. The maximum atomic E-state index is 11.9. The van der Waals surface area contributed by atoms with Gasteiger partial charge in [-0.1, -0.05) is 64.6 Å². The first-order valence-electron chi connectivity index (χ1n) is 6.63. The minimum atomic E-state index is -1.86. The predicted octanol–water partition coefficient (Wildman–Crippen LogP) is 4.16. The van der Waals surface area contributed by atoms with Gasteiger partial charge in [-0.2, -0.15) is 0 Å². The summed E-state index contributed by atoms with van der Waals surface area (Å²) in [5.41, 5.74) is 0.652. The fourth-order valence-electron chi connectivity index (χ4n) is 1.62. The second-order valence-corrected chi connectivity index (χ2v) is 7.28. The molecule has 2 N–H and O–H groups in total. The third-order valence-corrected chi connectivity index (χ3v) is 3.77. The number of halogens is 4. The Morgan fingerprint density at radius 2 is 1.83 bits per heavy atom. The molecular weight excluding hydrogens is 398 g/mol. The number of alkyl halides is 3. The number of ether oxygens (including phenoxy) is 1. The zero-order valence-corrected chi connectivity index (χ0v) is 15.1. The van der Waals surface area contributed by atoms with Crippen LogP contribution >= 0.6 is 46.4 Å². The number of alkyl carbamates (subject to hydrolysis) is 1. The number of carbonyl (C=O) groups excluding carboxylic acids is 1. The van der Waals surface area contributed by atoms with E-state index in [0.717, 1.165) is 0 Å². The molecule has 6 nitrogen and oxygen atoms in total. The molecule has 0 spiro atoms. The number of rotatable bonds is 5. The lowest BCUT2D eigenvalue weighted by Gasteiger charge is -2.25. The zero-order chi connectivity index (χ0) is 17.6. The Labute approximate surface area is 158 Å². The van der Waals surface area contributed by atoms with Crippen molar-refractivity contribution < 1.29 is 9.53 Å². The highest BCUT2D eigenvalue weighted by atomic mass is 35.6. The normalized spacial score (nSPS) is 12.3. The monoisotopic (exact) mass is 408 g/mol. The van der Waals surface area contributed by atoms with Crippen LogP contribution in [0, 0.1) is 0 Å². The molecule has 1 amide bonds. The number of carbonyl (C=O) groups is 1. The molecule has 0 unspecified atom stereocenters. The van der Waals surface area contributed by atoms with E-state index in [2.05, 4.69) is 20.6 Å². The van der Waals surface area contributed by atoms with Gasteiger partial charge in [-0.3, -0.25) is 5.32 Å². The minimum Gasteiger partial charge on any atom is -0.445 e. The number of nitrogens with one attached hydrogen (secondary N) is 2. The standard InChI is InChI=1S/C14H12Cl4N4O2/c15-10-5-2-1-4-9(10)8-24-13(23)22-11(14(16,17)18)21-12-19-6-3-7-20-12/h1-7,11H,8H2,(H,22,23)(H,19,20,21)/t11-/m0/s1. The van der Waals surface area contributed by atoms with Crippen molar-refractivity contribution in [2.45, 2.75) is 16.6 Å². The van der Waals surface area contributed by atoms with Gasteiger partial charge in [0, 0.05) is 23.0 Å². The molecule has 0 aliphatic heterocycles.